The van der Waals surface area contributed by atoms with Gasteiger partial charge in [-0.15, -0.1) is 0 Å². The van der Waals surface area contributed by atoms with Gasteiger partial charge in [0.2, 0.25) is 17.7 Å². The summed E-state index contributed by atoms with van der Waals surface area (Å²) in [6, 6.07) is 0. The molecule has 0 unspecified atom stereocenters. The topological polar surface area (TPSA) is 66.5 Å². The van der Waals surface area contributed by atoms with Gasteiger partial charge in [-0.2, -0.15) is 0 Å². The van der Waals surface area contributed by atoms with Gasteiger partial charge in [-0.25, -0.2) is 0 Å². The molecule has 0 atom stereocenters. The van der Waals surface area contributed by atoms with E-state index in [9.17, 15) is 14.4 Å². The number of carbonyl (C=O) groups excluding carboxylic acids is 3. The number of nitrogens with one attached hydrogen (secondary N) is 1. The maximum atomic E-state index is 11.8. The zero-order valence-electron chi connectivity index (χ0n) is 9.20. The monoisotopic (exact) mass is 224 g/mol. The molecule has 5 nitrogen and oxygen atoms in total. The molecule has 0 aromatic heterocycles. The average Bonchev–Trinajstić information content (AvgIpc) is 2.68. The van der Waals surface area contributed by atoms with Crippen LogP contribution >= 0.6 is 0 Å². The van der Waals surface area contributed by atoms with Crippen LogP contribution in [0.15, 0.2) is 0 Å². The minimum atomic E-state index is -0.254. The van der Waals surface area contributed by atoms with E-state index in [1.54, 1.807) is 0 Å². The second-order valence-corrected chi connectivity index (χ2v) is 4.54. The van der Waals surface area contributed by atoms with Crippen molar-refractivity contribution in [2.24, 2.45) is 5.92 Å². The van der Waals surface area contributed by atoms with Gasteiger partial charge in [0, 0.05) is 32.4 Å². The summed E-state index contributed by atoms with van der Waals surface area (Å²) in [5, 5.41) is 2.25. The predicted octanol–water partition coefficient (Wildman–Crippen LogP) is 0.0517. The van der Waals surface area contributed by atoms with Gasteiger partial charge in [0.05, 0.1) is 0 Å². The summed E-state index contributed by atoms with van der Waals surface area (Å²) in [6.45, 7) is 1.65. The maximum absolute atomic E-state index is 11.8. The van der Waals surface area contributed by atoms with Crippen LogP contribution in [0.1, 0.15) is 32.1 Å². The van der Waals surface area contributed by atoms with Gasteiger partial charge in [0.25, 0.3) is 0 Å². The van der Waals surface area contributed by atoms with Crippen LogP contribution in [0.4, 0.5) is 0 Å². The molecule has 2 rings (SSSR count). The minimum absolute atomic E-state index is 0.0880. The Hall–Kier alpha value is -1.39. The molecule has 16 heavy (non-hydrogen) atoms. The quantitative estimate of drug-likeness (QED) is 0.674. The zero-order valence-corrected chi connectivity index (χ0v) is 9.20. The number of hydrogen-bond acceptors (Lipinski definition) is 3. The van der Waals surface area contributed by atoms with E-state index in [1.165, 1.54) is 0 Å². The Morgan fingerprint density at radius 3 is 2.31 bits per heavy atom. The van der Waals surface area contributed by atoms with Crippen molar-refractivity contribution in [3.8, 4) is 0 Å². The van der Waals surface area contributed by atoms with Crippen molar-refractivity contribution in [1.29, 1.82) is 0 Å². The summed E-state index contributed by atoms with van der Waals surface area (Å²) in [5.74, 6) is -0.523. The number of piperidine rings is 1. The van der Waals surface area contributed by atoms with E-state index in [0.717, 1.165) is 25.9 Å². The molecule has 0 bridgehead atoms. The van der Waals surface area contributed by atoms with Crippen LogP contribution in [0.25, 0.3) is 0 Å². The standard InChI is InChI=1S/C11H16N2O3/c14-9-5-8(6-10(15)12-9)7-11(16)13-3-1-2-4-13/h8H,1-7H2,(H,12,14,15). The molecule has 0 aromatic carbocycles. The van der Waals surface area contributed by atoms with Gasteiger partial charge >= 0.3 is 0 Å². The number of hydrogen-bond donors (Lipinski definition) is 1. The van der Waals surface area contributed by atoms with Crippen molar-refractivity contribution in [1.82, 2.24) is 10.2 Å². The fraction of sp³-hybridized carbons (Fsp3) is 0.727. The normalized spacial score (nSPS) is 22.4. The number of rotatable bonds is 2. The minimum Gasteiger partial charge on any atom is -0.343 e. The lowest BCUT2D eigenvalue weighted by Crippen LogP contribution is -2.40. The zero-order chi connectivity index (χ0) is 11.5. The Balaban J connectivity index is 1.86. The summed E-state index contributed by atoms with van der Waals surface area (Å²) in [7, 11) is 0. The van der Waals surface area contributed by atoms with Crippen molar-refractivity contribution in [3.63, 3.8) is 0 Å². The molecule has 2 fully saturated rings. The van der Waals surface area contributed by atoms with E-state index in [0.29, 0.717) is 19.3 Å². The molecular weight excluding hydrogens is 208 g/mol. The SMILES string of the molecule is O=C1CC(CC(=O)N2CCCC2)CC(=O)N1. The molecule has 1 N–H and O–H groups in total. The Kier molecular flexibility index (Phi) is 3.22. The third-order valence-electron chi connectivity index (χ3n) is 3.15. The Morgan fingerprint density at radius 1 is 1.19 bits per heavy atom. The maximum Gasteiger partial charge on any atom is 0.226 e. The number of nitrogens with zero attached hydrogens (tertiary/aromatic N) is 1. The lowest BCUT2D eigenvalue weighted by Gasteiger charge is -2.23. The van der Waals surface area contributed by atoms with Crippen molar-refractivity contribution in [2.75, 3.05) is 13.1 Å². The Labute approximate surface area is 94.2 Å². The summed E-state index contributed by atoms with van der Waals surface area (Å²) in [5.41, 5.74) is 0. The highest BCUT2D eigenvalue weighted by Crippen LogP contribution is 2.20. The van der Waals surface area contributed by atoms with Crippen LogP contribution in [-0.4, -0.2) is 35.7 Å². The summed E-state index contributed by atoms with van der Waals surface area (Å²) < 4.78 is 0. The molecule has 5 heteroatoms. The highest BCUT2D eigenvalue weighted by Gasteiger charge is 2.28. The summed E-state index contributed by atoms with van der Waals surface area (Å²) in [6.07, 6.45) is 3.06. The summed E-state index contributed by atoms with van der Waals surface area (Å²) >= 11 is 0. The Bertz CT molecular complexity index is 305. The molecule has 0 radical (unpaired) electrons. The van der Waals surface area contributed by atoms with E-state index in [2.05, 4.69) is 5.32 Å². The van der Waals surface area contributed by atoms with Crippen LogP contribution < -0.4 is 5.32 Å². The number of imide groups is 1. The van der Waals surface area contributed by atoms with Gasteiger partial charge in [-0.05, 0) is 18.8 Å². The van der Waals surface area contributed by atoms with Crippen molar-refractivity contribution >= 4 is 17.7 Å². The van der Waals surface area contributed by atoms with E-state index >= 15 is 0 Å². The van der Waals surface area contributed by atoms with E-state index in [1.807, 2.05) is 4.90 Å². The summed E-state index contributed by atoms with van der Waals surface area (Å²) in [4.78, 5) is 35.9. The lowest BCUT2D eigenvalue weighted by molar-refractivity contribution is -0.136. The van der Waals surface area contributed by atoms with Gasteiger partial charge in [-0.3, -0.25) is 19.7 Å². The number of amides is 3. The molecule has 2 aliphatic rings. The molecule has 88 valence electrons. The first kappa shape index (κ1) is 11.1. The molecule has 0 saturated carbocycles. The first-order valence-corrected chi connectivity index (χ1v) is 5.75. The van der Waals surface area contributed by atoms with Gasteiger partial charge in [0.15, 0.2) is 0 Å². The molecular formula is C11H16N2O3. The highest BCUT2D eigenvalue weighted by molar-refractivity contribution is 5.98. The smallest absolute Gasteiger partial charge is 0.226 e. The second-order valence-electron chi connectivity index (χ2n) is 4.54. The van der Waals surface area contributed by atoms with Gasteiger partial charge in [-0.1, -0.05) is 0 Å². The van der Waals surface area contributed by atoms with Crippen molar-refractivity contribution in [3.05, 3.63) is 0 Å². The fourth-order valence-electron chi connectivity index (χ4n) is 2.34. The Morgan fingerprint density at radius 2 is 1.75 bits per heavy atom. The second kappa shape index (κ2) is 4.63. The molecule has 2 saturated heterocycles. The molecule has 0 spiro atoms. The third-order valence-corrected chi connectivity index (χ3v) is 3.15. The molecule has 2 heterocycles. The number of carbonyl (C=O) groups is 3. The average molecular weight is 224 g/mol. The largest absolute Gasteiger partial charge is 0.343 e. The van der Waals surface area contributed by atoms with Crippen LogP contribution in [-0.2, 0) is 14.4 Å². The van der Waals surface area contributed by atoms with E-state index < -0.39 is 0 Å². The van der Waals surface area contributed by atoms with Crippen molar-refractivity contribution in [2.45, 2.75) is 32.1 Å². The fourth-order valence-corrected chi connectivity index (χ4v) is 2.34. The van der Waals surface area contributed by atoms with Crippen LogP contribution in [0.3, 0.4) is 0 Å². The van der Waals surface area contributed by atoms with E-state index in [-0.39, 0.29) is 23.6 Å². The molecule has 0 aromatic rings. The molecule has 2 aliphatic heterocycles. The molecule has 0 aliphatic carbocycles. The third kappa shape index (κ3) is 2.59. The highest BCUT2D eigenvalue weighted by atomic mass is 16.2. The van der Waals surface area contributed by atoms with Gasteiger partial charge in [0.1, 0.15) is 0 Å². The molecule has 3 amide bonds. The van der Waals surface area contributed by atoms with Crippen molar-refractivity contribution < 1.29 is 14.4 Å². The lowest BCUT2D eigenvalue weighted by atomic mass is 9.93. The first-order valence-electron chi connectivity index (χ1n) is 5.75. The van der Waals surface area contributed by atoms with Crippen LogP contribution in [0.2, 0.25) is 0 Å². The predicted molar refractivity (Wildman–Crippen MR) is 56.3 cm³/mol. The number of likely N-dealkylation sites (tertiary alicyclic amines) is 1. The van der Waals surface area contributed by atoms with Crippen LogP contribution in [0.5, 0.6) is 0 Å². The van der Waals surface area contributed by atoms with E-state index in [4.69, 9.17) is 0 Å². The first-order chi connectivity index (χ1) is 7.65. The van der Waals surface area contributed by atoms with Crippen LogP contribution in [0, 0.1) is 5.92 Å². The van der Waals surface area contributed by atoms with Gasteiger partial charge < -0.3 is 4.90 Å².